The Balaban J connectivity index is 1.97. The third-order valence-electron chi connectivity index (χ3n) is 2.80. The van der Waals surface area contributed by atoms with E-state index in [0.29, 0.717) is 10.6 Å². The van der Waals surface area contributed by atoms with Crippen LogP contribution in [0.3, 0.4) is 0 Å². The molecule has 0 aromatic heterocycles. The number of hydrogen-bond donors (Lipinski definition) is 2. The SMILES string of the molecule is O=C(NCc1ccc(OC(F)F)cc1)c1cc(Cl)ccc1O. The number of halogens is 3. The molecule has 1 amide bonds. The highest BCUT2D eigenvalue weighted by molar-refractivity contribution is 6.31. The molecule has 7 heteroatoms. The van der Waals surface area contributed by atoms with Gasteiger partial charge in [0.25, 0.3) is 5.91 Å². The monoisotopic (exact) mass is 327 g/mol. The van der Waals surface area contributed by atoms with Crippen LogP contribution in [0.15, 0.2) is 42.5 Å². The number of aromatic hydroxyl groups is 1. The van der Waals surface area contributed by atoms with Gasteiger partial charge in [0.15, 0.2) is 0 Å². The standard InChI is InChI=1S/C15H12ClF2NO3/c16-10-3-6-13(20)12(7-10)14(21)19-8-9-1-4-11(5-2-9)22-15(17)18/h1-7,15,20H,8H2,(H,19,21). The normalized spacial score (nSPS) is 10.5. The fraction of sp³-hybridized carbons (Fsp3) is 0.133. The molecule has 22 heavy (non-hydrogen) atoms. The first-order valence-corrected chi connectivity index (χ1v) is 6.64. The van der Waals surface area contributed by atoms with Crippen LogP contribution < -0.4 is 10.1 Å². The number of rotatable bonds is 5. The number of amides is 1. The lowest BCUT2D eigenvalue weighted by Crippen LogP contribution is -2.22. The van der Waals surface area contributed by atoms with Gasteiger partial charge in [-0.1, -0.05) is 23.7 Å². The van der Waals surface area contributed by atoms with E-state index in [-0.39, 0.29) is 23.6 Å². The van der Waals surface area contributed by atoms with E-state index in [1.165, 1.54) is 30.3 Å². The Morgan fingerprint density at radius 1 is 1.23 bits per heavy atom. The van der Waals surface area contributed by atoms with Gasteiger partial charge in [-0.25, -0.2) is 0 Å². The molecule has 0 radical (unpaired) electrons. The van der Waals surface area contributed by atoms with Crippen molar-refractivity contribution in [2.45, 2.75) is 13.2 Å². The van der Waals surface area contributed by atoms with Gasteiger partial charge >= 0.3 is 6.61 Å². The van der Waals surface area contributed by atoms with Gasteiger partial charge in [-0.15, -0.1) is 0 Å². The number of hydrogen-bond acceptors (Lipinski definition) is 3. The number of alkyl halides is 2. The molecule has 0 spiro atoms. The highest BCUT2D eigenvalue weighted by Gasteiger charge is 2.11. The molecule has 0 fully saturated rings. The summed E-state index contributed by atoms with van der Waals surface area (Å²) in [6.07, 6.45) is 0. The Bertz CT molecular complexity index is 662. The second kappa shape index (κ2) is 7.09. The molecule has 0 unspecified atom stereocenters. The molecular formula is C15H12ClF2NO3. The molecule has 2 aromatic rings. The fourth-order valence-electron chi connectivity index (χ4n) is 1.76. The summed E-state index contributed by atoms with van der Waals surface area (Å²) in [6, 6.07) is 10.0. The minimum Gasteiger partial charge on any atom is -0.507 e. The van der Waals surface area contributed by atoms with Gasteiger partial charge in [-0.3, -0.25) is 4.79 Å². The van der Waals surface area contributed by atoms with Crippen molar-refractivity contribution in [1.29, 1.82) is 0 Å². The Labute approximate surface area is 130 Å². The molecule has 0 aliphatic heterocycles. The topological polar surface area (TPSA) is 58.6 Å². The molecule has 116 valence electrons. The Kier molecular flexibility index (Phi) is 5.16. The van der Waals surface area contributed by atoms with Crippen molar-refractivity contribution in [3.8, 4) is 11.5 Å². The minimum atomic E-state index is -2.88. The number of carbonyl (C=O) groups is 1. The van der Waals surface area contributed by atoms with Crippen molar-refractivity contribution in [3.63, 3.8) is 0 Å². The number of ether oxygens (including phenoxy) is 1. The lowest BCUT2D eigenvalue weighted by molar-refractivity contribution is -0.0498. The average molecular weight is 328 g/mol. The van der Waals surface area contributed by atoms with Crippen molar-refractivity contribution in [2.24, 2.45) is 0 Å². The van der Waals surface area contributed by atoms with Gasteiger partial charge in [0, 0.05) is 11.6 Å². The number of carbonyl (C=O) groups excluding carboxylic acids is 1. The van der Waals surface area contributed by atoms with Crippen molar-refractivity contribution in [1.82, 2.24) is 5.32 Å². The second-order valence-corrected chi connectivity index (χ2v) is 4.80. The first-order chi connectivity index (χ1) is 10.5. The third kappa shape index (κ3) is 4.33. The number of phenolic OH excluding ortho intramolecular Hbond substituents is 1. The Morgan fingerprint density at radius 3 is 2.55 bits per heavy atom. The smallest absolute Gasteiger partial charge is 0.387 e. The molecule has 0 saturated heterocycles. The molecule has 0 saturated carbocycles. The maximum atomic E-state index is 12.0. The van der Waals surface area contributed by atoms with E-state index in [0.717, 1.165) is 0 Å². The maximum absolute atomic E-state index is 12.0. The lowest BCUT2D eigenvalue weighted by atomic mass is 10.1. The maximum Gasteiger partial charge on any atom is 0.387 e. The van der Waals surface area contributed by atoms with E-state index in [4.69, 9.17) is 11.6 Å². The minimum absolute atomic E-state index is 0.0394. The highest BCUT2D eigenvalue weighted by Crippen LogP contribution is 2.21. The molecule has 0 atom stereocenters. The summed E-state index contributed by atoms with van der Waals surface area (Å²) in [5, 5.41) is 12.5. The van der Waals surface area contributed by atoms with Gasteiger partial charge in [0.2, 0.25) is 0 Å². The summed E-state index contributed by atoms with van der Waals surface area (Å²) < 4.78 is 28.3. The van der Waals surface area contributed by atoms with E-state index in [2.05, 4.69) is 10.1 Å². The zero-order valence-corrected chi connectivity index (χ0v) is 12.0. The lowest BCUT2D eigenvalue weighted by Gasteiger charge is -2.08. The molecule has 0 bridgehead atoms. The van der Waals surface area contributed by atoms with Crippen LogP contribution in [-0.4, -0.2) is 17.6 Å². The Hall–Kier alpha value is -2.34. The molecule has 0 aliphatic carbocycles. The number of nitrogens with one attached hydrogen (secondary N) is 1. The van der Waals surface area contributed by atoms with Crippen LogP contribution in [0.5, 0.6) is 11.5 Å². The third-order valence-corrected chi connectivity index (χ3v) is 3.04. The van der Waals surface area contributed by atoms with E-state index in [1.54, 1.807) is 12.1 Å². The fourth-order valence-corrected chi connectivity index (χ4v) is 1.93. The summed E-state index contributed by atoms with van der Waals surface area (Å²) in [5.41, 5.74) is 0.752. The van der Waals surface area contributed by atoms with Crippen molar-refractivity contribution in [2.75, 3.05) is 0 Å². The summed E-state index contributed by atoms with van der Waals surface area (Å²) in [7, 11) is 0. The van der Waals surface area contributed by atoms with E-state index >= 15 is 0 Å². The van der Waals surface area contributed by atoms with Crippen LogP contribution in [-0.2, 0) is 6.54 Å². The molecule has 4 nitrogen and oxygen atoms in total. The predicted molar refractivity (Wildman–Crippen MR) is 77.4 cm³/mol. The number of phenols is 1. The first-order valence-electron chi connectivity index (χ1n) is 6.26. The molecule has 0 aliphatic rings. The van der Waals surface area contributed by atoms with Crippen LogP contribution in [0.4, 0.5) is 8.78 Å². The average Bonchev–Trinajstić information content (AvgIpc) is 2.48. The van der Waals surface area contributed by atoms with Crippen molar-refractivity contribution < 1.29 is 23.4 Å². The van der Waals surface area contributed by atoms with Crippen molar-refractivity contribution >= 4 is 17.5 Å². The van der Waals surface area contributed by atoms with Gasteiger partial charge in [0.05, 0.1) is 5.56 Å². The highest BCUT2D eigenvalue weighted by atomic mass is 35.5. The van der Waals surface area contributed by atoms with E-state index in [9.17, 15) is 18.7 Å². The van der Waals surface area contributed by atoms with E-state index < -0.39 is 12.5 Å². The van der Waals surface area contributed by atoms with Gasteiger partial charge < -0.3 is 15.2 Å². The summed E-state index contributed by atoms with van der Waals surface area (Å²) in [6.45, 7) is -2.71. The van der Waals surface area contributed by atoms with E-state index in [1.807, 2.05) is 0 Å². The Morgan fingerprint density at radius 2 is 1.91 bits per heavy atom. The summed E-state index contributed by atoms with van der Waals surface area (Å²) >= 11 is 5.77. The molecule has 2 rings (SSSR count). The molecule has 0 heterocycles. The molecular weight excluding hydrogens is 316 g/mol. The molecule has 2 aromatic carbocycles. The molecule has 2 N–H and O–H groups in total. The summed E-state index contributed by atoms with van der Waals surface area (Å²) in [5.74, 6) is -0.631. The van der Waals surface area contributed by atoms with Crippen molar-refractivity contribution in [3.05, 3.63) is 58.6 Å². The van der Waals surface area contributed by atoms with Gasteiger partial charge in [0.1, 0.15) is 11.5 Å². The first kappa shape index (κ1) is 16.0. The predicted octanol–water partition coefficient (Wildman–Crippen LogP) is 3.58. The van der Waals surface area contributed by atoms with Crippen LogP contribution in [0, 0.1) is 0 Å². The van der Waals surface area contributed by atoms with Crippen LogP contribution in [0.2, 0.25) is 5.02 Å². The van der Waals surface area contributed by atoms with Crippen LogP contribution in [0.1, 0.15) is 15.9 Å². The van der Waals surface area contributed by atoms with Crippen LogP contribution in [0.25, 0.3) is 0 Å². The van der Waals surface area contributed by atoms with Gasteiger partial charge in [-0.2, -0.15) is 8.78 Å². The zero-order chi connectivity index (χ0) is 16.1. The van der Waals surface area contributed by atoms with Gasteiger partial charge in [-0.05, 0) is 35.9 Å². The summed E-state index contributed by atoms with van der Waals surface area (Å²) in [4.78, 5) is 11.9. The quantitative estimate of drug-likeness (QED) is 0.882. The number of benzene rings is 2. The second-order valence-electron chi connectivity index (χ2n) is 4.37. The largest absolute Gasteiger partial charge is 0.507 e. The zero-order valence-electron chi connectivity index (χ0n) is 11.2. The van der Waals surface area contributed by atoms with Crippen LogP contribution >= 0.6 is 11.6 Å².